The van der Waals surface area contributed by atoms with Crippen molar-refractivity contribution in [2.75, 3.05) is 0 Å². The molecule has 1 N–H and O–H groups in total. The van der Waals surface area contributed by atoms with Gasteiger partial charge in [-0.3, -0.25) is 0 Å². The van der Waals surface area contributed by atoms with Crippen molar-refractivity contribution < 1.29 is 13.2 Å². The van der Waals surface area contributed by atoms with Gasteiger partial charge in [0.2, 0.25) is 10.0 Å². The van der Waals surface area contributed by atoms with E-state index in [4.69, 9.17) is 4.74 Å². The predicted molar refractivity (Wildman–Crippen MR) is 108 cm³/mol. The lowest BCUT2D eigenvalue weighted by Gasteiger charge is -2.13. The fraction of sp³-hybridized carbons (Fsp3) is 0.182. The van der Waals surface area contributed by atoms with Gasteiger partial charge < -0.3 is 4.74 Å². The zero-order chi connectivity index (χ0) is 19.4. The Bertz CT molecular complexity index is 1020. The minimum absolute atomic E-state index is 0.196. The van der Waals surface area contributed by atoms with E-state index >= 15 is 0 Å². The molecule has 0 spiro atoms. The van der Waals surface area contributed by atoms with Crippen LogP contribution in [-0.2, 0) is 16.6 Å². The smallest absolute Gasteiger partial charge is 0.241 e. The van der Waals surface area contributed by atoms with Crippen LogP contribution < -0.4 is 9.46 Å². The van der Waals surface area contributed by atoms with E-state index < -0.39 is 10.0 Å². The van der Waals surface area contributed by atoms with Gasteiger partial charge >= 0.3 is 0 Å². The Hall–Kier alpha value is -2.63. The highest BCUT2D eigenvalue weighted by molar-refractivity contribution is 7.89. The molecule has 0 fully saturated rings. The Balaban J connectivity index is 1.76. The highest BCUT2D eigenvalue weighted by Crippen LogP contribution is 2.24. The molecule has 27 heavy (non-hydrogen) atoms. The van der Waals surface area contributed by atoms with Gasteiger partial charge in [0, 0.05) is 6.54 Å². The van der Waals surface area contributed by atoms with Crippen molar-refractivity contribution in [3.05, 3.63) is 89.0 Å². The van der Waals surface area contributed by atoms with Crippen LogP contribution in [0.2, 0.25) is 0 Å². The van der Waals surface area contributed by atoms with Crippen LogP contribution in [-0.4, -0.2) is 8.42 Å². The van der Waals surface area contributed by atoms with Gasteiger partial charge in [-0.05, 0) is 61.7 Å². The summed E-state index contributed by atoms with van der Waals surface area (Å²) in [7, 11) is -3.60. The Morgan fingerprint density at radius 2 is 1.44 bits per heavy atom. The lowest BCUT2D eigenvalue weighted by atomic mass is 10.1. The van der Waals surface area contributed by atoms with Gasteiger partial charge in [0.1, 0.15) is 11.5 Å². The van der Waals surface area contributed by atoms with Crippen LogP contribution in [0.3, 0.4) is 0 Å². The number of ether oxygens (including phenoxy) is 1. The van der Waals surface area contributed by atoms with Crippen molar-refractivity contribution in [1.82, 2.24) is 4.72 Å². The summed E-state index contributed by atoms with van der Waals surface area (Å²) in [6, 6.07) is 20.7. The number of hydrogen-bond donors (Lipinski definition) is 1. The molecule has 0 aromatic heterocycles. The van der Waals surface area contributed by atoms with Crippen molar-refractivity contribution in [2.45, 2.75) is 32.2 Å². The van der Waals surface area contributed by atoms with Gasteiger partial charge in [-0.15, -0.1) is 0 Å². The maximum Gasteiger partial charge on any atom is 0.241 e. The van der Waals surface area contributed by atoms with Crippen molar-refractivity contribution in [3.8, 4) is 11.5 Å². The molecule has 0 aliphatic carbocycles. The van der Waals surface area contributed by atoms with E-state index in [2.05, 4.69) is 4.72 Å². The molecular weight excluding hydrogens is 358 g/mol. The molecule has 3 rings (SSSR count). The average Bonchev–Trinajstić information content (AvgIpc) is 2.60. The minimum atomic E-state index is -3.60. The Morgan fingerprint density at radius 1 is 0.815 bits per heavy atom. The minimum Gasteiger partial charge on any atom is -0.457 e. The zero-order valence-corrected chi connectivity index (χ0v) is 16.5. The fourth-order valence-electron chi connectivity index (χ4n) is 3.18. The first-order valence-corrected chi connectivity index (χ1v) is 10.2. The van der Waals surface area contributed by atoms with E-state index in [9.17, 15) is 8.42 Å². The SMILES string of the molecule is Cc1cc(C)c(S(=O)(=O)NCc2cccc(Oc3ccccc3)c2)c(C)c1. The summed E-state index contributed by atoms with van der Waals surface area (Å²) >= 11 is 0. The van der Waals surface area contributed by atoms with Crippen molar-refractivity contribution in [3.63, 3.8) is 0 Å². The molecule has 0 radical (unpaired) electrons. The quantitative estimate of drug-likeness (QED) is 0.662. The van der Waals surface area contributed by atoms with E-state index in [1.54, 1.807) is 0 Å². The topological polar surface area (TPSA) is 55.4 Å². The van der Waals surface area contributed by atoms with Crippen LogP contribution in [0.15, 0.2) is 71.6 Å². The second-order valence-corrected chi connectivity index (χ2v) is 8.32. The predicted octanol–water partition coefficient (Wildman–Crippen LogP) is 4.88. The first-order valence-electron chi connectivity index (χ1n) is 8.74. The molecule has 0 unspecified atom stereocenters. The summed E-state index contributed by atoms with van der Waals surface area (Å²) in [6.45, 7) is 5.80. The molecule has 0 amide bonds. The van der Waals surface area contributed by atoms with Crippen LogP contribution in [0.4, 0.5) is 0 Å². The first kappa shape index (κ1) is 19.1. The molecule has 5 heteroatoms. The third-order valence-electron chi connectivity index (χ3n) is 4.22. The fourth-order valence-corrected chi connectivity index (χ4v) is 4.65. The maximum absolute atomic E-state index is 12.8. The van der Waals surface area contributed by atoms with Crippen molar-refractivity contribution in [2.24, 2.45) is 0 Å². The number of rotatable bonds is 6. The summed E-state index contributed by atoms with van der Waals surface area (Å²) in [5, 5.41) is 0. The number of aryl methyl sites for hydroxylation is 3. The van der Waals surface area contributed by atoms with Crippen molar-refractivity contribution >= 4 is 10.0 Å². The normalized spacial score (nSPS) is 11.4. The van der Waals surface area contributed by atoms with E-state index in [0.717, 1.165) is 28.0 Å². The summed E-state index contributed by atoms with van der Waals surface area (Å²) in [5.74, 6) is 1.40. The molecule has 0 atom stereocenters. The third-order valence-corrected chi connectivity index (χ3v) is 5.92. The second-order valence-electron chi connectivity index (χ2n) is 6.61. The monoisotopic (exact) mass is 381 g/mol. The summed E-state index contributed by atoms with van der Waals surface area (Å²) in [6.07, 6.45) is 0. The van der Waals surface area contributed by atoms with Gasteiger partial charge in [-0.1, -0.05) is 48.0 Å². The number of sulfonamides is 1. The van der Waals surface area contributed by atoms with E-state index in [1.807, 2.05) is 87.5 Å². The van der Waals surface area contributed by atoms with Gasteiger partial charge in [0.25, 0.3) is 0 Å². The molecule has 3 aromatic rings. The average molecular weight is 381 g/mol. The first-order chi connectivity index (χ1) is 12.8. The van der Waals surface area contributed by atoms with Gasteiger partial charge in [-0.2, -0.15) is 0 Å². The van der Waals surface area contributed by atoms with E-state index in [-0.39, 0.29) is 6.54 Å². The summed E-state index contributed by atoms with van der Waals surface area (Å²) < 4.78 is 34.1. The van der Waals surface area contributed by atoms with Crippen LogP contribution >= 0.6 is 0 Å². The number of benzene rings is 3. The molecule has 0 heterocycles. The number of para-hydroxylation sites is 1. The number of hydrogen-bond acceptors (Lipinski definition) is 3. The molecule has 0 saturated carbocycles. The van der Waals surface area contributed by atoms with Gasteiger partial charge in [-0.25, -0.2) is 13.1 Å². The van der Waals surface area contributed by atoms with Crippen molar-refractivity contribution in [1.29, 1.82) is 0 Å². The van der Waals surface area contributed by atoms with Gasteiger partial charge in [0.15, 0.2) is 0 Å². The molecule has 0 aliphatic rings. The molecule has 0 bridgehead atoms. The lowest BCUT2D eigenvalue weighted by Crippen LogP contribution is -2.25. The largest absolute Gasteiger partial charge is 0.457 e. The summed E-state index contributed by atoms with van der Waals surface area (Å²) in [5.41, 5.74) is 3.38. The van der Waals surface area contributed by atoms with Crippen LogP contribution in [0.5, 0.6) is 11.5 Å². The van der Waals surface area contributed by atoms with E-state index in [0.29, 0.717) is 10.6 Å². The Labute approximate surface area is 160 Å². The second kappa shape index (κ2) is 7.94. The molecular formula is C22H23NO3S. The van der Waals surface area contributed by atoms with Crippen LogP contribution in [0.25, 0.3) is 0 Å². The Morgan fingerprint density at radius 3 is 2.11 bits per heavy atom. The van der Waals surface area contributed by atoms with Gasteiger partial charge in [0.05, 0.1) is 4.90 Å². The highest BCUT2D eigenvalue weighted by Gasteiger charge is 2.19. The van der Waals surface area contributed by atoms with Crippen LogP contribution in [0.1, 0.15) is 22.3 Å². The highest BCUT2D eigenvalue weighted by atomic mass is 32.2. The standard InChI is InChI=1S/C22H23NO3S/c1-16-12-17(2)22(18(3)13-16)27(24,25)23-15-19-8-7-11-21(14-19)26-20-9-5-4-6-10-20/h4-14,23H,15H2,1-3H3. The third kappa shape index (κ3) is 4.76. The molecule has 4 nitrogen and oxygen atoms in total. The molecule has 0 saturated heterocycles. The number of nitrogens with one attached hydrogen (secondary N) is 1. The maximum atomic E-state index is 12.8. The lowest BCUT2D eigenvalue weighted by molar-refractivity contribution is 0.482. The molecule has 0 aliphatic heterocycles. The molecule has 140 valence electrons. The zero-order valence-electron chi connectivity index (χ0n) is 15.7. The molecule has 3 aromatic carbocycles. The van der Waals surface area contributed by atoms with E-state index in [1.165, 1.54) is 0 Å². The summed E-state index contributed by atoms with van der Waals surface area (Å²) in [4.78, 5) is 0.352. The van der Waals surface area contributed by atoms with Crippen LogP contribution in [0, 0.1) is 20.8 Å². The Kier molecular flexibility index (Phi) is 5.63.